The summed E-state index contributed by atoms with van der Waals surface area (Å²) in [6, 6.07) is 32.9. The van der Waals surface area contributed by atoms with E-state index in [2.05, 4.69) is 206 Å². The number of rotatable bonds is 2. The Balaban J connectivity index is 1.42. The Bertz CT molecular complexity index is 2690. The Morgan fingerprint density at radius 3 is 1.76 bits per heavy atom. The number of hydrogen-bond acceptors (Lipinski definition) is 4. The van der Waals surface area contributed by atoms with E-state index in [9.17, 15) is 0 Å². The van der Waals surface area contributed by atoms with Crippen LogP contribution in [0.2, 0.25) is 0 Å². The van der Waals surface area contributed by atoms with Gasteiger partial charge in [-0.2, -0.15) is 0 Å². The van der Waals surface area contributed by atoms with Gasteiger partial charge in [-0.15, -0.1) is 0 Å². The molecule has 0 saturated carbocycles. The van der Waals surface area contributed by atoms with Gasteiger partial charge in [0.25, 0.3) is 6.71 Å². The molecule has 3 aliphatic rings. The van der Waals surface area contributed by atoms with Crippen molar-refractivity contribution >= 4 is 68.5 Å². The van der Waals surface area contributed by atoms with Gasteiger partial charge in [-0.1, -0.05) is 147 Å². The number of pyridine rings is 1. The minimum absolute atomic E-state index is 0.0245. The number of nitrogens with zero attached hydrogens (tertiary/aromatic N) is 3. The fourth-order valence-electron chi connectivity index (χ4n) is 10.4. The summed E-state index contributed by atoms with van der Waals surface area (Å²) in [4.78, 5) is 10.7. The van der Waals surface area contributed by atoms with E-state index in [-0.39, 0.29) is 39.2 Å². The molecule has 2 aromatic heterocycles. The third-order valence-electron chi connectivity index (χ3n) is 13.6. The number of furan rings is 1. The number of benzene rings is 4. The minimum Gasteiger partial charge on any atom is -0.468 e. The average molecular weight is 782 g/mol. The van der Waals surface area contributed by atoms with Gasteiger partial charge in [0.05, 0.1) is 17.0 Å². The van der Waals surface area contributed by atoms with E-state index in [0.29, 0.717) is 0 Å². The van der Waals surface area contributed by atoms with Crippen LogP contribution in [0.1, 0.15) is 151 Å². The van der Waals surface area contributed by atoms with Crippen molar-refractivity contribution in [1.82, 2.24) is 4.98 Å². The molecule has 2 aliphatic heterocycles. The summed E-state index contributed by atoms with van der Waals surface area (Å²) in [5.41, 5.74) is 17.9. The molecule has 0 fully saturated rings. The zero-order valence-electron chi connectivity index (χ0n) is 38.6. The summed E-state index contributed by atoms with van der Waals surface area (Å²) < 4.78 is 7.38. The maximum absolute atomic E-state index is 7.38. The molecule has 59 heavy (non-hydrogen) atoms. The molecule has 0 N–H and O–H groups in total. The van der Waals surface area contributed by atoms with Crippen molar-refractivity contribution in [3.05, 3.63) is 118 Å². The molecule has 9 rings (SSSR count). The van der Waals surface area contributed by atoms with Crippen molar-refractivity contribution in [1.29, 1.82) is 0 Å². The Kier molecular flexibility index (Phi) is 8.34. The van der Waals surface area contributed by atoms with Crippen molar-refractivity contribution in [2.75, 3.05) is 9.80 Å². The molecule has 0 atom stereocenters. The highest BCUT2D eigenvalue weighted by Crippen LogP contribution is 2.53. The molecule has 0 saturated heterocycles. The van der Waals surface area contributed by atoms with E-state index < -0.39 is 0 Å². The maximum atomic E-state index is 7.38. The van der Waals surface area contributed by atoms with Crippen LogP contribution in [0.25, 0.3) is 11.0 Å². The second-order valence-electron chi connectivity index (χ2n) is 23.4. The van der Waals surface area contributed by atoms with Crippen LogP contribution >= 0.6 is 0 Å². The van der Waals surface area contributed by atoms with Crippen LogP contribution in [0.4, 0.5) is 34.3 Å². The molecule has 5 heteroatoms. The Hall–Kier alpha value is -4.77. The van der Waals surface area contributed by atoms with E-state index in [0.717, 1.165) is 51.6 Å². The number of fused-ring (bicyclic) bond motifs is 7. The third-order valence-corrected chi connectivity index (χ3v) is 13.6. The second kappa shape index (κ2) is 12.4. The van der Waals surface area contributed by atoms with Crippen molar-refractivity contribution < 1.29 is 4.42 Å². The number of anilines is 6. The largest absolute Gasteiger partial charge is 0.468 e. The van der Waals surface area contributed by atoms with Crippen LogP contribution in [0.15, 0.2) is 89.3 Å². The first kappa shape index (κ1) is 39.7. The molecule has 0 unspecified atom stereocenters. The van der Waals surface area contributed by atoms with Gasteiger partial charge in [0.2, 0.25) is 0 Å². The molecule has 4 aromatic carbocycles. The highest BCUT2D eigenvalue weighted by molar-refractivity contribution is 6.99. The smallest absolute Gasteiger partial charge is 0.299 e. The molecule has 6 aromatic rings. The predicted molar refractivity (Wildman–Crippen MR) is 253 cm³/mol. The lowest BCUT2D eigenvalue weighted by molar-refractivity contribution is 0.403. The highest BCUT2D eigenvalue weighted by atomic mass is 16.3. The molecule has 1 aliphatic carbocycles. The van der Waals surface area contributed by atoms with Gasteiger partial charge in [0.1, 0.15) is 11.4 Å². The standard InChI is InChI=1S/C54H64BN3O/c1-49(2,3)32-17-21-35(22-18-32)58-41-26-20-33(50(4,5)6)27-40(41)55-45-42(30-44(52(10,11)12)56-48(45)58)57(36-23-25-38-39(29-36)54(15,16)31-53(38,13)14)46-37-24-19-34(51(7,8)9)28-43(37)59-47(46)55/h17-30H,31H2,1-16H3. The van der Waals surface area contributed by atoms with Crippen LogP contribution in [0, 0.1) is 0 Å². The molecule has 0 bridgehead atoms. The van der Waals surface area contributed by atoms with Gasteiger partial charge in [0.15, 0.2) is 0 Å². The average Bonchev–Trinajstić information content (AvgIpc) is 3.59. The summed E-state index contributed by atoms with van der Waals surface area (Å²) >= 11 is 0. The molecular weight excluding hydrogens is 717 g/mol. The molecular formula is C54H64BN3O. The summed E-state index contributed by atoms with van der Waals surface area (Å²) in [6.45, 7) is 37.0. The van der Waals surface area contributed by atoms with E-state index in [1.54, 1.807) is 0 Å². The first-order valence-electron chi connectivity index (χ1n) is 21.9. The van der Waals surface area contributed by atoms with Gasteiger partial charge < -0.3 is 9.32 Å². The normalized spacial score (nSPS) is 16.9. The quantitative estimate of drug-likeness (QED) is 0.164. The lowest BCUT2D eigenvalue weighted by Gasteiger charge is -2.43. The van der Waals surface area contributed by atoms with Crippen molar-refractivity contribution in [2.45, 2.75) is 150 Å². The third kappa shape index (κ3) is 6.19. The highest BCUT2D eigenvalue weighted by Gasteiger charge is 2.49. The zero-order chi connectivity index (χ0) is 42.6. The van der Waals surface area contributed by atoms with Crippen LogP contribution < -0.4 is 26.4 Å². The SMILES string of the molecule is CC(C)(C)c1ccc(N2c3ccc(C(C)(C)C)cc3B3c4oc5cc(C(C)(C)C)ccc5c4N(c4ccc5c(c4)C(C)(C)CC5(C)C)c4cc(C(C)(C)C)nc2c43)cc1. The van der Waals surface area contributed by atoms with Crippen molar-refractivity contribution in [3.8, 4) is 0 Å². The molecule has 4 nitrogen and oxygen atoms in total. The summed E-state index contributed by atoms with van der Waals surface area (Å²) in [5.74, 6) is 0.978. The van der Waals surface area contributed by atoms with Crippen LogP contribution in [-0.2, 0) is 32.5 Å². The van der Waals surface area contributed by atoms with Gasteiger partial charge in [-0.3, -0.25) is 4.90 Å². The summed E-state index contributed by atoms with van der Waals surface area (Å²) in [5, 5.41) is 1.14. The predicted octanol–water partition coefficient (Wildman–Crippen LogP) is 13.1. The van der Waals surface area contributed by atoms with Crippen LogP contribution in [0.5, 0.6) is 0 Å². The Labute approximate surface area is 354 Å². The van der Waals surface area contributed by atoms with Crippen molar-refractivity contribution in [2.24, 2.45) is 0 Å². The Morgan fingerprint density at radius 1 is 0.559 bits per heavy atom. The van der Waals surface area contributed by atoms with E-state index in [1.165, 1.54) is 50.1 Å². The number of hydrogen-bond donors (Lipinski definition) is 0. The fourth-order valence-corrected chi connectivity index (χ4v) is 10.4. The van der Waals surface area contributed by atoms with E-state index >= 15 is 0 Å². The van der Waals surface area contributed by atoms with Crippen LogP contribution in [-0.4, -0.2) is 11.7 Å². The van der Waals surface area contributed by atoms with E-state index in [4.69, 9.17) is 9.40 Å². The summed E-state index contributed by atoms with van der Waals surface area (Å²) in [6.07, 6.45) is 1.12. The lowest BCUT2D eigenvalue weighted by atomic mass is 9.35. The summed E-state index contributed by atoms with van der Waals surface area (Å²) in [7, 11) is 0. The Morgan fingerprint density at radius 2 is 1.14 bits per heavy atom. The lowest BCUT2D eigenvalue weighted by Crippen LogP contribution is -2.61. The monoisotopic (exact) mass is 782 g/mol. The van der Waals surface area contributed by atoms with Crippen LogP contribution in [0.3, 0.4) is 0 Å². The van der Waals surface area contributed by atoms with Gasteiger partial charge in [0, 0.05) is 39.0 Å². The van der Waals surface area contributed by atoms with Gasteiger partial charge >= 0.3 is 0 Å². The van der Waals surface area contributed by atoms with Gasteiger partial charge in [-0.25, -0.2) is 4.98 Å². The minimum atomic E-state index is -0.213. The molecule has 304 valence electrons. The topological polar surface area (TPSA) is 32.5 Å². The van der Waals surface area contributed by atoms with Gasteiger partial charge in [-0.05, 0) is 115 Å². The fraction of sp³-hybridized carbons (Fsp3) is 0.426. The number of aromatic nitrogens is 1. The van der Waals surface area contributed by atoms with Crippen molar-refractivity contribution in [3.63, 3.8) is 0 Å². The first-order chi connectivity index (χ1) is 27.3. The second-order valence-corrected chi connectivity index (χ2v) is 23.4. The molecule has 0 spiro atoms. The first-order valence-corrected chi connectivity index (χ1v) is 21.9. The molecule has 0 amide bonds. The zero-order valence-corrected chi connectivity index (χ0v) is 38.6. The molecule has 0 radical (unpaired) electrons. The maximum Gasteiger partial charge on any atom is 0.299 e. The molecule has 4 heterocycles. The van der Waals surface area contributed by atoms with E-state index in [1.807, 2.05) is 0 Å².